The summed E-state index contributed by atoms with van der Waals surface area (Å²) in [5, 5.41) is 13.4. The lowest BCUT2D eigenvalue weighted by Crippen LogP contribution is -2.11. The summed E-state index contributed by atoms with van der Waals surface area (Å²) < 4.78 is 17.8. The number of pyridine rings is 1. The summed E-state index contributed by atoms with van der Waals surface area (Å²) in [4.78, 5) is 25.5. The van der Waals surface area contributed by atoms with E-state index in [1.807, 2.05) is 0 Å². The van der Waals surface area contributed by atoms with Crippen LogP contribution in [0.4, 0.5) is 15.9 Å². The zero-order valence-electron chi connectivity index (χ0n) is 12.1. The molecule has 0 saturated carbocycles. The molecule has 0 saturated heterocycles. The highest BCUT2D eigenvalue weighted by atomic mass is 19.1. The molecule has 0 amide bonds. The van der Waals surface area contributed by atoms with Crippen molar-refractivity contribution in [2.24, 2.45) is 0 Å². The molecule has 0 unspecified atom stereocenters. The summed E-state index contributed by atoms with van der Waals surface area (Å²) in [6.07, 6.45) is 1.70. The molecule has 2 rings (SSSR count). The lowest BCUT2D eigenvalue weighted by molar-refractivity contribution is -0.385. The second-order valence-corrected chi connectivity index (χ2v) is 4.58. The number of hydrogen-bond donors (Lipinski definition) is 1. The van der Waals surface area contributed by atoms with Gasteiger partial charge in [-0.15, -0.1) is 0 Å². The quantitative estimate of drug-likeness (QED) is 0.365. The number of anilines is 1. The number of carbonyl (C=O) groups excluding carboxylic acids is 1. The smallest absolute Gasteiger partial charge is 0.338 e. The first-order valence-electron chi connectivity index (χ1n) is 6.83. The predicted octanol–water partition coefficient (Wildman–Crippen LogP) is 2.79. The molecule has 1 N–H and O–H groups in total. The molecule has 0 atom stereocenters. The highest BCUT2D eigenvalue weighted by molar-refractivity contribution is 5.89. The number of nitro groups is 1. The fourth-order valence-corrected chi connectivity index (χ4v) is 1.72. The molecule has 2 aromatic rings. The molecule has 7 nitrogen and oxygen atoms in total. The average Bonchev–Trinajstić information content (AvgIpc) is 2.55. The first-order chi connectivity index (χ1) is 11.1. The molecule has 0 aliphatic rings. The van der Waals surface area contributed by atoms with Gasteiger partial charge in [0.15, 0.2) is 0 Å². The monoisotopic (exact) mass is 319 g/mol. The third-order valence-corrected chi connectivity index (χ3v) is 2.90. The third-order valence-electron chi connectivity index (χ3n) is 2.90. The van der Waals surface area contributed by atoms with Crippen molar-refractivity contribution >= 4 is 17.5 Å². The number of aromatic nitrogens is 1. The van der Waals surface area contributed by atoms with Gasteiger partial charge in [0, 0.05) is 12.6 Å². The first kappa shape index (κ1) is 16.3. The van der Waals surface area contributed by atoms with Crippen LogP contribution in [0.3, 0.4) is 0 Å². The first-order valence-corrected chi connectivity index (χ1v) is 6.83. The van der Waals surface area contributed by atoms with Crippen molar-refractivity contribution in [3.63, 3.8) is 0 Å². The minimum absolute atomic E-state index is 0.0798. The van der Waals surface area contributed by atoms with Gasteiger partial charge in [-0.05, 0) is 36.8 Å². The second kappa shape index (κ2) is 7.83. The molecule has 0 bridgehead atoms. The maximum atomic E-state index is 12.7. The maximum Gasteiger partial charge on any atom is 0.338 e. The number of nitrogens with zero attached hydrogens (tertiary/aromatic N) is 2. The number of nitrogens with one attached hydrogen (secondary N) is 1. The number of benzene rings is 1. The largest absolute Gasteiger partial charge is 0.462 e. The van der Waals surface area contributed by atoms with Crippen LogP contribution in [0.5, 0.6) is 0 Å². The SMILES string of the molecule is O=C(OCCCNc1ccc([N+](=O)[O-])cn1)c1ccc(F)cc1. The highest BCUT2D eigenvalue weighted by Gasteiger charge is 2.07. The molecule has 0 aliphatic carbocycles. The van der Waals surface area contributed by atoms with Crippen LogP contribution in [-0.2, 0) is 4.74 Å². The third kappa shape index (κ3) is 5.03. The lowest BCUT2D eigenvalue weighted by Gasteiger charge is -2.06. The van der Waals surface area contributed by atoms with Gasteiger partial charge in [0.25, 0.3) is 5.69 Å². The molecule has 1 heterocycles. The van der Waals surface area contributed by atoms with Gasteiger partial charge in [-0.1, -0.05) is 0 Å². The zero-order chi connectivity index (χ0) is 16.7. The maximum absolute atomic E-state index is 12.7. The van der Waals surface area contributed by atoms with Crippen LogP contribution in [0.2, 0.25) is 0 Å². The Morgan fingerprint density at radius 3 is 2.61 bits per heavy atom. The predicted molar refractivity (Wildman–Crippen MR) is 80.7 cm³/mol. The van der Waals surface area contributed by atoms with E-state index in [2.05, 4.69) is 10.3 Å². The number of hydrogen-bond acceptors (Lipinski definition) is 6. The standard InChI is InChI=1S/C15H14FN3O4/c16-12-4-2-11(3-5-12)15(20)23-9-1-8-17-14-7-6-13(10-18-14)19(21)22/h2-7,10H,1,8-9H2,(H,17,18). The van der Waals surface area contributed by atoms with E-state index in [4.69, 9.17) is 4.74 Å². The Morgan fingerprint density at radius 2 is 2.00 bits per heavy atom. The Morgan fingerprint density at radius 1 is 1.26 bits per heavy atom. The fraction of sp³-hybridized carbons (Fsp3) is 0.200. The van der Waals surface area contributed by atoms with Crippen molar-refractivity contribution in [3.05, 3.63) is 64.1 Å². The van der Waals surface area contributed by atoms with Gasteiger partial charge >= 0.3 is 5.97 Å². The van der Waals surface area contributed by atoms with Gasteiger partial charge in [0.1, 0.15) is 17.8 Å². The Labute approximate surface area is 131 Å². The van der Waals surface area contributed by atoms with Gasteiger partial charge in [-0.25, -0.2) is 14.2 Å². The fourth-order valence-electron chi connectivity index (χ4n) is 1.72. The normalized spacial score (nSPS) is 10.1. The summed E-state index contributed by atoms with van der Waals surface area (Å²) in [6.45, 7) is 0.678. The molecular formula is C15H14FN3O4. The number of esters is 1. The Balaban J connectivity index is 1.68. The summed E-state index contributed by atoms with van der Waals surface area (Å²) in [6, 6.07) is 7.96. The van der Waals surface area contributed by atoms with Crippen LogP contribution in [0.25, 0.3) is 0 Å². The average molecular weight is 319 g/mol. The van der Waals surface area contributed by atoms with E-state index < -0.39 is 16.7 Å². The van der Waals surface area contributed by atoms with E-state index >= 15 is 0 Å². The van der Waals surface area contributed by atoms with Crippen molar-refractivity contribution in [1.82, 2.24) is 4.98 Å². The molecule has 1 aromatic heterocycles. The van der Waals surface area contributed by atoms with Crippen molar-refractivity contribution in [2.75, 3.05) is 18.5 Å². The molecule has 23 heavy (non-hydrogen) atoms. The minimum Gasteiger partial charge on any atom is -0.462 e. The molecule has 8 heteroatoms. The molecule has 0 aliphatic heterocycles. The Bertz CT molecular complexity index is 674. The van der Waals surface area contributed by atoms with Gasteiger partial charge in [0.2, 0.25) is 0 Å². The van der Waals surface area contributed by atoms with Crippen LogP contribution in [-0.4, -0.2) is 29.0 Å². The van der Waals surface area contributed by atoms with E-state index in [-0.39, 0.29) is 17.9 Å². The Kier molecular flexibility index (Phi) is 5.56. The molecule has 0 radical (unpaired) electrons. The summed E-state index contributed by atoms with van der Waals surface area (Å²) in [7, 11) is 0. The van der Waals surface area contributed by atoms with Crippen LogP contribution in [0, 0.1) is 15.9 Å². The minimum atomic E-state index is -0.522. The van der Waals surface area contributed by atoms with E-state index in [9.17, 15) is 19.3 Å². The van der Waals surface area contributed by atoms with Crippen molar-refractivity contribution in [1.29, 1.82) is 0 Å². The van der Waals surface area contributed by atoms with Crippen molar-refractivity contribution in [2.45, 2.75) is 6.42 Å². The van der Waals surface area contributed by atoms with E-state index in [1.165, 1.54) is 36.4 Å². The topological polar surface area (TPSA) is 94.4 Å². The van der Waals surface area contributed by atoms with Crippen molar-refractivity contribution < 1.29 is 18.8 Å². The lowest BCUT2D eigenvalue weighted by atomic mass is 10.2. The molecule has 0 fully saturated rings. The summed E-state index contributed by atoms with van der Waals surface area (Å²) in [5.41, 5.74) is 0.208. The van der Waals surface area contributed by atoms with Crippen molar-refractivity contribution in [3.8, 4) is 0 Å². The number of carbonyl (C=O) groups is 1. The van der Waals surface area contributed by atoms with E-state index in [0.717, 1.165) is 6.20 Å². The number of halogens is 1. The van der Waals surface area contributed by atoms with Gasteiger partial charge in [-0.3, -0.25) is 10.1 Å². The Hall–Kier alpha value is -3.03. The van der Waals surface area contributed by atoms with Crippen LogP contribution in [0.1, 0.15) is 16.8 Å². The summed E-state index contributed by atoms with van der Waals surface area (Å²) >= 11 is 0. The molecular weight excluding hydrogens is 305 g/mol. The van der Waals surface area contributed by atoms with Gasteiger partial charge < -0.3 is 10.1 Å². The second-order valence-electron chi connectivity index (χ2n) is 4.58. The zero-order valence-corrected chi connectivity index (χ0v) is 12.1. The van der Waals surface area contributed by atoms with Crippen LogP contribution < -0.4 is 5.32 Å². The highest BCUT2D eigenvalue weighted by Crippen LogP contribution is 2.11. The summed E-state index contributed by atoms with van der Waals surface area (Å²) in [5.74, 6) is -0.430. The van der Waals surface area contributed by atoms with E-state index in [1.54, 1.807) is 0 Å². The van der Waals surface area contributed by atoms with Crippen LogP contribution >= 0.6 is 0 Å². The van der Waals surface area contributed by atoms with Crippen LogP contribution in [0.15, 0.2) is 42.6 Å². The molecule has 0 spiro atoms. The molecule has 120 valence electrons. The van der Waals surface area contributed by atoms with E-state index in [0.29, 0.717) is 18.8 Å². The number of ether oxygens (including phenoxy) is 1. The van der Waals surface area contributed by atoms with Gasteiger partial charge in [-0.2, -0.15) is 0 Å². The number of rotatable bonds is 7. The van der Waals surface area contributed by atoms with Gasteiger partial charge in [0.05, 0.1) is 17.1 Å². The molecule has 1 aromatic carbocycles.